The topological polar surface area (TPSA) is 104 Å². The Morgan fingerprint density at radius 3 is 2.57 bits per heavy atom. The van der Waals surface area contributed by atoms with E-state index in [1.54, 1.807) is 32.4 Å². The van der Waals surface area contributed by atoms with Gasteiger partial charge in [-0.1, -0.05) is 6.07 Å². The van der Waals surface area contributed by atoms with E-state index in [1.165, 1.54) is 12.3 Å². The van der Waals surface area contributed by atoms with Crippen molar-refractivity contribution in [3.05, 3.63) is 59.3 Å². The van der Waals surface area contributed by atoms with Crippen LogP contribution in [0.25, 0.3) is 0 Å². The molecule has 0 spiro atoms. The van der Waals surface area contributed by atoms with Crippen LogP contribution < -0.4 is 20.1 Å². The summed E-state index contributed by atoms with van der Waals surface area (Å²) in [5.41, 5.74) is 2.42. The maximum absolute atomic E-state index is 12.2. The molecular formula is C21H23N3O4. The fraction of sp³-hybridized carbons (Fsp3) is 0.238. The lowest BCUT2D eigenvalue weighted by Gasteiger charge is -2.10. The van der Waals surface area contributed by atoms with E-state index in [2.05, 4.69) is 10.6 Å². The zero-order chi connectivity index (χ0) is 20.5. The van der Waals surface area contributed by atoms with Crippen molar-refractivity contribution in [2.45, 2.75) is 13.3 Å². The third-order valence-electron chi connectivity index (χ3n) is 4.09. The van der Waals surface area contributed by atoms with Gasteiger partial charge in [0, 0.05) is 18.4 Å². The van der Waals surface area contributed by atoms with Gasteiger partial charge in [0.05, 0.1) is 14.2 Å². The minimum atomic E-state index is -0.466. The van der Waals surface area contributed by atoms with E-state index in [4.69, 9.17) is 9.47 Å². The van der Waals surface area contributed by atoms with Crippen molar-refractivity contribution in [3.8, 4) is 23.3 Å². The summed E-state index contributed by atoms with van der Waals surface area (Å²) >= 11 is 0. The number of nitrogens with zero attached hydrogens (tertiary/aromatic N) is 1. The van der Waals surface area contributed by atoms with E-state index in [0.29, 0.717) is 30.2 Å². The zero-order valence-electron chi connectivity index (χ0n) is 16.1. The first kappa shape index (κ1) is 20.6. The minimum Gasteiger partial charge on any atom is -0.508 e. The Morgan fingerprint density at radius 2 is 1.93 bits per heavy atom. The number of carbonyl (C=O) groups excluding carboxylic acids is 1. The summed E-state index contributed by atoms with van der Waals surface area (Å²) in [6.07, 6.45) is 1.93. The summed E-state index contributed by atoms with van der Waals surface area (Å²) in [5.74, 6) is 0.949. The molecule has 7 nitrogen and oxygen atoms in total. The number of amides is 1. The highest BCUT2D eigenvalue weighted by Crippen LogP contribution is 2.27. The summed E-state index contributed by atoms with van der Waals surface area (Å²) in [6, 6.07) is 12.2. The van der Waals surface area contributed by atoms with E-state index < -0.39 is 5.91 Å². The van der Waals surface area contributed by atoms with E-state index in [0.717, 1.165) is 11.1 Å². The third-order valence-corrected chi connectivity index (χ3v) is 4.09. The molecule has 0 aliphatic rings. The average molecular weight is 381 g/mol. The molecular weight excluding hydrogens is 358 g/mol. The number of benzene rings is 2. The Kier molecular flexibility index (Phi) is 7.28. The predicted octanol–water partition coefficient (Wildman–Crippen LogP) is 2.90. The summed E-state index contributed by atoms with van der Waals surface area (Å²) < 4.78 is 10.5. The van der Waals surface area contributed by atoms with Crippen LogP contribution in [0.5, 0.6) is 17.2 Å². The van der Waals surface area contributed by atoms with Gasteiger partial charge in [-0.05, 0) is 54.8 Å². The SMILES string of the molecule is COc1ccc(CCNC(=O)/C(C#N)=C\Nc2ccc(O)cc2C)cc1OC. The largest absolute Gasteiger partial charge is 0.508 e. The number of nitriles is 1. The lowest BCUT2D eigenvalue weighted by Crippen LogP contribution is -2.27. The molecule has 0 unspecified atom stereocenters. The first-order valence-electron chi connectivity index (χ1n) is 8.64. The summed E-state index contributed by atoms with van der Waals surface area (Å²) in [6.45, 7) is 2.18. The third kappa shape index (κ3) is 5.42. The highest BCUT2D eigenvalue weighted by atomic mass is 16.5. The van der Waals surface area contributed by atoms with Gasteiger partial charge in [0.15, 0.2) is 11.5 Å². The fourth-order valence-corrected chi connectivity index (χ4v) is 2.56. The second-order valence-electron chi connectivity index (χ2n) is 6.01. The molecule has 0 aliphatic heterocycles. The Labute approximate surface area is 164 Å². The van der Waals surface area contributed by atoms with Crippen LogP contribution in [0.2, 0.25) is 0 Å². The molecule has 0 saturated carbocycles. The fourth-order valence-electron chi connectivity index (χ4n) is 2.56. The number of anilines is 1. The Balaban J connectivity index is 1.94. The van der Waals surface area contributed by atoms with Crippen LogP contribution in [0.3, 0.4) is 0 Å². The molecule has 1 amide bonds. The van der Waals surface area contributed by atoms with Gasteiger partial charge in [-0.25, -0.2) is 0 Å². The molecule has 0 bridgehead atoms. The molecule has 3 N–H and O–H groups in total. The standard InChI is InChI=1S/C21H23N3O4/c1-14-10-17(25)5-6-18(14)24-13-16(12-22)21(26)23-9-8-15-4-7-19(27-2)20(11-15)28-3/h4-7,10-11,13,24-25H,8-9H2,1-3H3,(H,23,26)/b16-13-. The van der Waals surface area contributed by atoms with Crippen LogP contribution >= 0.6 is 0 Å². The number of methoxy groups -OCH3 is 2. The van der Waals surface area contributed by atoms with Crippen molar-refractivity contribution in [1.82, 2.24) is 5.32 Å². The Morgan fingerprint density at radius 1 is 1.18 bits per heavy atom. The molecule has 0 radical (unpaired) electrons. The summed E-state index contributed by atoms with van der Waals surface area (Å²) in [7, 11) is 3.14. The number of hydrogen-bond acceptors (Lipinski definition) is 6. The predicted molar refractivity (Wildman–Crippen MR) is 106 cm³/mol. The molecule has 0 aliphatic carbocycles. The number of hydrogen-bond donors (Lipinski definition) is 3. The maximum Gasteiger partial charge on any atom is 0.263 e. The van der Waals surface area contributed by atoms with Gasteiger partial charge >= 0.3 is 0 Å². The number of phenols is 1. The molecule has 0 atom stereocenters. The molecule has 0 aromatic heterocycles. The number of ether oxygens (including phenoxy) is 2. The molecule has 2 aromatic rings. The lowest BCUT2D eigenvalue weighted by molar-refractivity contribution is -0.117. The van der Waals surface area contributed by atoms with Crippen LogP contribution in [-0.2, 0) is 11.2 Å². The zero-order valence-corrected chi connectivity index (χ0v) is 16.1. The van der Waals surface area contributed by atoms with E-state index in [-0.39, 0.29) is 11.3 Å². The number of nitrogens with one attached hydrogen (secondary N) is 2. The molecule has 7 heteroatoms. The monoisotopic (exact) mass is 381 g/mol. The van der Waals surface area contributed by atoms with Crippen LogP contribution in [0.4, 0.5) is 5.69 Å². The van der Waals surface area contributed by atoms with E-state index >= 15 is 0 Å². The quantitative estimate of drug-likeness (QED) is 0.369. The van der Waals surface area contributed by atoms with Crippen LogP contribution in [-0.4, -0.2) is 31.8 Å². The van der Waals surface area contributed by atoms with Gasteiger partial charge in [0.25, 0.3) is 5.91 Å². The van der Waals surface area contributed by atoms with Crippen molar-refractivity contribution in [2.75, 3.05) is 26.1 Å². The van der Waals surface area contributed by atoms with Crippen molar-refractivity contribution in [2.24, 2.45) is 0 Å². The number of rotatable bonds is 8. The van der Waals surface area contributed by atoms with Crippen molar-refractivity contribution in [1.29, 1.82) is 5.26 Å². The number of aromatic hydroxyl groups is 1. The second-order valence-corrected chi connectivity index (χ2v) is 6.01. The van der Waals surface area contributed by atoms with E-state index in [9.17, 15) is 15.2 Å². The second kappa shape index (κ2) is 9.88. The number of phenolic OH excluding ortho intramolecular Hbond substituents is 1. The van der Waals surface area contributed by atoms with Gasteiger partial charge in [-0.3, -0.25) is 4.79 Å². The van der Waals surface area contributed by atoms with Crippen molar-refractivity contribution < 1.29 is 19.4 Å². The lowest BCUT2D eigenvalue weighted by atomic mass is 10.1. The molecule has 28 heavy (non-hydrogen) atoms. The van der Waals surface area contributed by atoms with Crippen LogP contribution in [0.15, 0.2) is 48.2 Å². The molecule has 2 rings (SSSR count). The van der Waals surface area contributed by atoms with Gasteiger partial charge in [0.1, 0.15) is 17.4 Å². The number of aryl methyl sites for hydroxylation is 1. The van der Waals surface area contributed by atoms with Gasteiger partial charge in [0.2, 0.25) is 0 Å². The van der Waals surface area contributed by atoms with Gasteiger partial charge < -0.3 is 25.2 Å². The normalized spacial score (nSPS) is 10.7. The van der Waals surface area contributed by atoms with Crippen LogP contribution in [0.1, 0.15) is 11.1 Å². The molecule has 0 heterocycles. The molecule has 146 valence electrons. The molecule has 2 aromatic carbocycles. The van der Waals surface area contributed by atoms with Crippen LogP contribution in [0, 0.1) is 18.3 Å². The Bertz CT molecular complexity index is 916. The van der Waals surface area contributed by atoms with Gasteiger partial charge in [-0.2, -0.15) is 5.26 Å². The first-order chi connectivity index (χ1) is 13.5. The first-order valence-corrected chi connectivity index (χ1v) is 8.64. The highest BCUT2D eigenvalue weighted by molar-refractivity contribution is 5.97. The molecule has 0 fully saturated rings. The highest BCUT2D eigenvalue weighted by Gasteiger charge is 2.10. The summed E-state index contributed by atoms with van der Waals surface area (Å²) in [5, 5.41) is 24.3. The number of carbonyl (C=O) groups is 1. The minimum absolute atomic E-state index is 0.0419. The Hall–Kier alpha value is -3.66. The smallest absolute Gasteiger partial charge is 0.263 e. The van der Waals surface area contributed by atoms with E-state index in [1.807, 2.05) is 25.1 Å². The van der Waals surface area contributed by atoms with Crippen molar-refractivity contribution >= 4 is 11.6 Å². The van der Waals surface area contributed by atoms with Gasteiger partial charge in [-0.15, -0.1) is 0 Å². The maximum atomic E-state index is 12.2. The van der Waals surface area contributed by atoms with Crippen molar-refractivity contribution in [3.63, 3.8) is 0 Å². The summed E-state index contributed by atoms with van der Waals surface area (Å²) in [4.78, 5) is 12.2. The molecule has 0 saturated heterocycles. The average Bonchev–Trinajstić information content (AvgIpc) is 2.69.